The van der Waals surface area contributed by atoms with Crippen molar-refractivity contribution in [2.45, 2.75) is 37.5 Å². The Bertz CT molecular complexity index is 282. The molecule has 0 spiro atoms. The maximum Gasteiger partial charge on any atom is 0.229 e. The summed E-state index contributed by atoms with van der Waals surface area (Å²) in [7, 11) is 0. The van der Waals surface area contributed by atoms with Crippen LogP contribution in [0.1, 0.15) is 26.2 Å². The lowest BCUT2D eigenvalue weighted by molar-refractivity contribution is -0.130. The summed E-state index contributed by atoms with van der Waals surface area (Å²) >= 11 is 1.97. The van der Waals surface area contributed by atoms with Crippen LogP contribution in [-0.4, -0.2) is 42.7 Å². The van der Waals surface area contributed by atoms with Crippen molar-refractivity contribution in [3.05, 3.63) is 0 Å². The first-order chi connectivity index (χ1) is 8.13. The second-order valence-corrected chi connectivity index (χ2v) is 6.65. The normalized spacial score (nSPS) is 38.0. The fourth-order valence-electron chi connectivity index (χ4n) is 2.30. The van der Waals surface area contributed by atoms with Gasteiger partial charge in [-0.1, -0.05) is 6.42 Å². The molecule has 98 valence electrons. The van der Waals surface area contributed by atoms with Crippen LogP contribution >= 0.6 is 11.8 Å². The number of thioether (sulfide) groups is 1. The zero-order valence-corrected chi connectivity index (χ0v) is 11.2. The molecule has 0 aromatic rings. The third-order valence-corrected chi connectivity index (χ3v) is 5.20. The summed E-state index contributed by atoms with van der Waals surface area (Å²) in [5, 5.41) is 3.62. The molecule has 2 saturated heterocycles. The molecular weight excluding hydrogens is 236 g/mol. The Morgan fingerprint density at radius 3 is 3.00 bits per heavy atom. The van der Waals surface area contributed by atoms with Gasteiger partial charge in [-0.25, -0.2) is 0 Å². The standard InChI is InChI=1S/C12H22N2O2S/c1-12(8-16-7-10(12)13)11(15)14-6-9-4-2-3-5-17-9/h9-10H,2-8,13H2,1H3,(H,14,15). The number of rotatable bonds is 3. The maximum absolute atomic E-state index is 12.1. The van der Waals surface area contributed by atoms with Crippen molar-refractivity contribution in [3.8, 4) is 0 Å². The number of amides is 1. The molecule has 3 atom stereocenters. The van der Waals surface area contributed by atoms with Crippen molar-refractivity contribution in [1.82, 2.24) is 5.32 Å². The van der Waals surface area contributed by atoms with Gasteiger partial charge in [-0.2, -0.15) is 11.8 Å². The Kier molecular flexibility index (Phi) is 4.33. The van der Waals surface area contributed by atoms with E-state index in [1.807, 2.05) is 18.7 Å². The Morgan fingerprint density at radius 2 is 2.41 bits per heavy atom. The highest BCUT2D eigenvalue weighted by atomic mass is 32.2. The van der Waals surface area contributed by atoms with E-state index in [1.54, 1.807) is 0 Å². The third-order valence-electron chi connectivity index (χ3n) is 3.80. The zero-order chi connectivity index (χ0) is 12.3. The van der Waals surface area contributed by atoms with Crippen LogP contribution in [0.15, 0.2) is 0 Å². The van der Waals surface area contributed by atoms with Crippen LogP contribution in [0.3, 0.4) is 0 Å². The minimum absolute atomic E-state index is 0.0497. The molecule has 2 rings (SSSR count). The van der Waals surface area contributed by atoms with Crippen molar-refractivity contribution in [2.24, 2.45) is 11.1 Å². The highest BCUT2D eigenvalue weighted by molar-refractivity contribution is 7.99. The summed E-state index contributed by atoms with van der Waals surface area (Å²) < 4.78 is 5.29. The Labute approximate surface area is 107 Å². The molecule has 0 aromatic heterocycles. The second-order valence-electron chi connectivity index (χ2n) is 5.24. The van der Waals surface area contributed by atoms with Gasteiger partial charge in [0, 0.05) is 17.8 Å². The molecule has 2 aliphatic heterocycles. The van der Waals surface area contributed by atoms with Gasteiger partial charge < -0.3 is 15.8 Å². The molecule has 1 amide bonds. The average molecular weight is 258 g/mol. The summed E-state index contributed by atoms with van der Waals surface area (Å²) in [5.41, 5.74) is 5.39. The van der Waals surface area contributed by atoms with Gasteiger partial charge in [0.2, 0.25) is 5.91 Å². The average Bonchev–Trinajstić information content (AvgIpc) is 2.69. The van der Waals surface area contributed by atoms with E-state index in [-0.39, 0.29) is 11.9 Å². The number of carbonyl (C=O) groups is 1. The van der Waals surface area contributed by atoms with Gasteiger partial charge in [0.25, 0.3) is 0 Å². The number of hydrogen-bond donors (Lipinski definition) is 2. The number of nitrogens with one attached hydrogen (secondary N) is 1. The lowest BCUT2D eigenvalue weighted by Crippen LogP contribution is -2.51. The van der Waals surface area contributed by atoms with Crippen molar-refractivity contribution >= 4 is 17.7 Å². The molecule has 0 saturated carbocycles. The Hall–Kier alpha value is -0.260. The number of carbonyl (C=O) groups excluding carboxylic acids is 1. The lowest BCUT2D eigenvalue weighted by Gasteiger charge is -2.27. The molecule has 0 aliphatic carbocycles. The predicted molar refractivity (Wildman–Crippen MR) is 70.0 cm³/mol. The van der Waals surface area contributed by atoms with Crippen LogP contribution in [0, 0.1) is 5.41 Å². The minimum Gasteiger partial charge on any atom is -0.379 e. The first kappa shape index (κ1) is 13.2. The molecular formula is C12H22N2O2S. The molecule has 2 aliphatic rings. The highest BCUT2D eigenvalue weighted by Gasteiger charge is 2.44. The Morgan fingerprint density at radius 1 is 1.59 bits per heavy atom. The van der Waals surface area contributed by atoms with Gasteiger partial charge in [-0.15, -0.1) is 0 Å². The summed E-state index contributed by atoms with van der Waals surface area (Å²) in [5.74, 6) is 1.27. The molecule has 0 radical (unpaired) electrons. The van der Waals surface area contributed by atoms with Gasteiger partial charge in [0.15, 0.2) is 0 Å². The minimum atomic E-state index is -0.542. The molecule has 3 N–H and O–H groups in total. The fraction of sp³-hybridized carbons (Fsp3) is 0.917. The SMILES string of the molecule is CC1(C(=O)NCC2CCCCS2)COCC1N. The van der Waals surface area contributed by atoms with Crippen LogP contribution in [0.5, 0.6) is 0 Å². The van der Waals surface area contributed by atoms with Crippen LogP contribution in [0.25, 0.3) is 0 Å². The van der Waals surface area contributed by atoms with Crippen LogP contribution in [-0.2, 0) is 9.53 Å². The van der Waals surface area contributed by atoms with Crippen LogP contribution in [0.4, 0.5) is 0 Å². The molecule has 2 fully saturated rings. The first-order valence-electron chi connectivity index (χ1n) is 6.36. The van der Waals surface area contributed by atoms with E-state index in [0.717, 1.165) is 6.54 Å². The second kappa shape index (κ2) is 5.59. The quantitative estimate of drug-likeness (QED) is 0.784. The van der Waals surface area contributed by atoms with Crippen molar-refractivity contribution in [3.63, 3.8) is 0 Å². The molecule has 17 heavy (non-hydrogen) atoms. The summed E-state index contributed by atoms with van der Waals surface area (Å²) in [6.45, 7) is 3.60. The van der Waals surface area contributed by atoms with E-state index in [1.165, 1.54) is 25.0 Å². The Balaban J connectivity index is 1.80. The first-order valence-corrected chi connectivity index (χ1v) is 7.41. The van der Waals surface area contributed by atoms with Crippen molar-refractivity contribution in [1.29, 1.82) is 0 Å². The molecule has 2 heterocycles. The topological polar surface area (TPSA) is 64.3 Å². The number of nitrogens with two attached hydrogens (primary N) is 1. The van der Waals surface area contributed by atoms with Crippen molar-refractivity contribution in [2.75, 3.05) is 25.5 Å². The third kappa shape index (κ3) is 2.95. The van der Waals surface area contributed by atoms with Gasteiger partial charge in [-0.05, 0) is 25.5 Å². The molecule has 0 aromatic carbocycles. The van der Waals surface area contributed by atoms with Gasteiger partial charge in [0.05, 0.1) is 18.6 Å². The predicted octanol–water partition coefficient (Wildman–Crippen LogP) is 0.752. The summed E-state index contributed by atoms with van der Waals surface area (Å²) in [6, 6.07) is -0.179. The van der Waals surface area contributed by atoms with E-state index in [4.69, 9.17) is 10.5 Å². The smallest absolute Gasteiger partial charge is 0.229 e. The maximum atomic E-state index is 12.1. The molecule has 3 unspecified atom stereocenters. The van der Waals surface area contributed by atoms with E-state index in [0.29, 0.717) is 18.5 Å². The molecule has 0 bridgehead atoms. The summed E-state index contributed by atoms with van der Waals surface area (Å²) in [4.78, 5) is 12.1. The van der Waals surface area contributed by atoms with Gasteiger partial charge in [-0.3, -0.25) is 4.79 Å². The molecule has 5 heteroatoms. The van der Waals surface area contributed by atoms with Gasteiger partial charge >= 0.3 is 0 Å². The number of hydrogen-bond acceptors (Lipinski definition) is 4. The van der Waals surface area contributed by atoms with Crippen molar-refractivity contribution < 1.29 is 9.53 Å². The highest BCUT2D eigenvalue weighted by Crippen LogP contribution is 2.28. The zero-order valence-electron chi connectivity index (χ0n) is 10.4. The fourth-order valence-corrected chi connectivity index (χ4v) is 3.54. The monoisotopic (exact) mass is 258 g/mol. The van der Waals surface area contributed by atoms with Crippen LogP contribution < -0.4 is 11.1 Å². The largest absolute Gasteiger partial charge is 0.379 e. The van der Waals surface area contributed by atoms with E-state index >= 15 is 0 Å². The molecule has 4 nitrogen and oxygen atoms in total. The van der Waals surface area contributed by atoms with E-state index < -0.39 is 5.41 Å². The lowest BCUT2D eigenvalue weighted by atomic mass is 9.85. The van der Waals surface area contributed by atoms with Crippen LogP contribution in [0.2, 0.25) is 0 Å². The van der Waals surface area contributed by atoms with E-state index in [9.17, 15) is 4.79 Å². The van der Waals surface area contributed by atoms with E-state index in [2.05, 4.69) is 5.32 Å². The summed E-state index contributed by atoms with van der Waals surface area (Å²) in [6.07, 6.45) is 3.81. The van der Waals surface area contributed by atoms with Gasteiger partial charge in [0.1, 0.15) is 0 Å². The number of ether oxygens (including phenoxy) is 1.